The molecule has 0 aliphatic rings. The topological polar surface area (TPSA) is 63.6 Å². The van der Waals surface area contributed by atoms with Crippen LogP contribution in [0.4, 0.5) is 0 Å². The van der Waals surface area contributed by atoms with E-state index in [-0.39, 0.29) is 17.1 Å². The van der Waals surface area contributed by atoms with E-state index in [1.165, 1.54) is 13.2 Å². The second-order valence-corrected chi connectivity index (χ2v) is 4.81. The van der Waals surface area contributed by atoms with E-state index in [0.29, 0.717) is 30.1 Å². The predicted octanol–water partition coefficient (Wildman–Crippen LogP) is 2.93. The van der Waals surface area contributed by atoms with Gasteiger partial charge in [-0.15, -0.1) is 0 Å². The van der Waals surface area contributed by atoms with Crippen LogP contribution in [0.3, 0.4) is 0 Å². The van der Waals surface area contributed by atoms with E-state index in [9.17, 15) is 14.7 Å². The van der Waals surface area contributed by atoms with E-state index in [1.54, 1.807) is 0 Å². The van der Waals surface area contributed by atoms with Gasteiger partial charge in [-0.1, -0.05) is 29.8 Å². The first-order valence-electron chi connectivity index (χ1n) is 6.49. The Morgan fingerprint density at radius 3 is 2.33 bits per heavy atom. The summed E-state index contributed by atoms with van der Waals surface area (Å²) in [6.45, 7) is 1.98. The number of hydrogen-bond acceptors (Lipinski definition) is 4. The number of phenolic OH excluding ortho intramolecular Hbond substituents is 1. The molecule has 0 aromatic heterocycles. The van der Waals surface area contributed by atoms with Gasteiger partial charge in [-0.2, -0.15) is 0 Å². The fraction of sp³-hybridized carbons (Fsp3) is 0.176. The highest BCUT2D eigenvalue weighted by molar-refractivity contribution is 5.90. The zero-order valence-electron chi connectivity index (χ0n) is 11.9. The summed E-state index contributed by atoms with van der Waals surface area (Å²) in [4.78, 5) is 22.6. The molecule has 0 saturated carbocycles. The van der Waals surface area contributed by atoms with Crippen LogP contribution in [0, 0.1) is 6.92 Å². The van der Waals surface area contributed by atoms with Crippen molar-refractivity contribution in [3.8, 4) is 11.5 Å². The molecule has 0 radical (unpaired) electrons. The van der Waals surface area contributed by atoms with E-state index in [0.717, 1.165) is 11.1 Å². The highest BCUT2D eigenvalue weighted by Gasteiger charge is 2.18. The molecule has 2 aromatic carbocycles. The van der Waals surface area contributed by atoms with Gasteiger partial charge in [-0.05, 0) is 30.5 Å². The van der Waals surface area contributed by atoms with Gasteiger partial charge in [-0.3, -0.25) is 9.59 Å². The number of rotatable bonds is 5. The fourth-order valence-electron chi connectivity index (χ4n) is 2.22. The Balaban J connectivity index is 2.55. The molecule has 2 rings (SSSR count). The van der Waals surface area contributed by atoms with Gasteiger partial charge in [0.1, 0.15) is 0 Å². The minimum atomic E-state index is -0.236. The maximum atomic E-state index is 11.3. The van der Waals surface area contributed by atoms with Crippen molar-refractivity contribution in [1.29, 1.82) is 0 Å². The number of hydrogen-bond donors (Lipinski definition) is 1. The molecule has 0 heterocycles. The van der Waals surface area contributed by atoms with Crippen LogP contribution in [0.25, 0.3) is 0 Å². The summed E-state index contributed by atoms with van der Waals surface area (Å²) >= 11 is 0. The van der Waals surface area contributed by atoms with Crippen LogP contribution >= 0.6 is 0 Å². The van der Waals surface area contributed by atoms with Crippen molar-refractivity contribution in [3.05, 3.63) is 58.1 Å². The molecule has 21 heavy (non-hydrogen) atoms. The smallest absolute Gasteiger partial charge is 0.168 e. The van der Waals surface area contributed by atoms with Crippen molar-refractivity contribution in [3.63, 3.8) is 0 Å². The Bertz CT molecular complexity index is 672. The number of aryl methyl sites for hydroxylation is 1. The molecule has 0 unspecified atom stereocenters. The summed E-state index contributed by atoms with van der Waals surface area (Å²) in [5.41, 5.74) is 3.02. The van der Waals surface area contributed by atoms with E-state index < -0.39 is 0 Å². The van der Waals surface area contributed by atoms with Crippen LogP contribution in [0.1, 0.15) is 37.4 Å². The third kappa shape index (κ3) is 2.94. The average Bonchev–Trinajstić information content (AvgIpc) is 2.50. The predicted molar refractivity (Wildman–Crippen MR) is 79.4 cm³/mol. The molecule has 108 valence electrons. The number of ether oxygens (including phenoxy) is 1. The summed E-state index contributed by atoms with van der Waals surface area (Å²) in [6.07, 6.45) is 1.60. The molecule has 4 heteroatoms. The Kier molecular flexibility index (Phi) is 4.38. The minimum Gasteiger partial charge on any atom is -0.504 e. The van der Waals surface area contributed by atoms with Crippen LogP contribution in [0.2, 0.25) is 0 Å². The lowest BCUT2D eigenvalue weighted by Gasteiger charge is -2.13. The van der Waals surface area contributed by atoms with Gasteiger partial charge in [0.2, 0.25) is 0 Å². The maximum Gasteiger partial charge on any atom is 0.168 e. The molecule has 4 nitrogen and oxygen atoms in total. The summed E-state index contributed by atoms with van der Waals surface area (Å²) in [5.74, 6) is -0.118. The number of benzene rings is 2. The second kappa shape index (κ2) is 6.22. The zero-order valence-corrected chi connectivity index (χ0v) is 11.9. The van der Waals surface area contributed by atoms with Gasteiger partial charge in [0.25, 0.3) is 0 Å². The highest BCUT2D eigenvalue weighted by Crippen LogP contribution is 2.34. The first kappa shape index (κ1) is 14.8. The summed E-state index contributed by atoms with van der Waals surface area (Å²) in [6, 6.07) is 9.22. The average molecular weight is 284 g/mol. The molecule has 0 aliphatic carbocycles. The monoisotopic (exact) mass is 284 g/mol. The van der Waals surface area contributed by atoms with E-state index in [2.05, 4.69) is 0 Å². The molecule has 1 N–H and O–H groups in total. The van der Waals surface area contributed by atoms with Crippen molar-refractivity contribution < 1.29 is 19.4 Å². The fourth-order valence-corrected chi connectivity index (χ4v) is 2.22. The van der Waals surface area contributed by atoms with Crippen molar-refractivity contribution >= 4 is 12.6 Å². The van der Waals surface area contributed by atoms with Crippen molar-refractivity contribution in [1.82, 2.24) is 0 Å². The number of carbonyl (C=O) groups excluding carboxylic acids is 2. The van der Waals surface area contributed by atoms with Gasteiger partial charge in [0.15, 0.2) is 24.1 Å². The van der Waals surface area contributed by atoms with E-state index in [4.69, 9.17) is 4.74 Å². The highest BCUT2D eigenvalue weighted by atomic mass is 16.5. The summed E-state index contributed by atoms with van der Waals surface area (Å²) in [7, 11) is 1.37. The second-order valence-electron chi connectivity index (χ2n) is 4.81. The molecule has 0 bridgehead atoms. The molecule has 0 aliphatic heterocycles. The van der Waals surface area contributed by atoms with Crippen LogP contribution in [-0.4, -0.2) is 24.8 Å². The van der Waals surface area contributed by atoms with E-state index >= 15 is 0 Å². The van der Waals surface area contributed by atoms with E-state index in [1.807, 2.05) is 31.2 Å². The minimum absolute atomic E-state index is 0.0945. The molecule has 2 aromatic rings. The first-order valence-corrected chi connectivity index (χ1v) is 6.49. The number of methoxy groups -OCH3 is 1. The molecule has 0 atom stereocenters. The number of carbonyl (C=O) groups is 2. The first-order chi connectivity index (χ1) is 10.1. The third-order valence-corrected chi connectivity index (χ3v) is 3.41. The Morgan fingerprint density at radius 2 is 1.81 bits per heavy atom. The van der Waals surface area contributed by atoms with Crippen molar-refractivity contribution in [2.24, 2.45) is 0 Å². The normalized spacial score (nSPS) is 10.2. The van der Waals surface area contributed by atoms with Gasteiger partial charge in [0.05, 0.1) is 12.7 Å². The lowest BCUT2D eigenvalue weighted by atomic mass is 9.94. The zero-order chi connectivity index (χ0) is 15.4. The number of phenols is 1. The van der Waals surface area contributed by atoms with Crippen LogP contribution < -0.4 is 4.74 Å². The third-order valence-electron chi connectivity index (χ3n) is 3.41. The van der Waals surface area contributed by atoms with Crippen LogP contribution in [-0.2, 0) is 6.42 Å². The lowest BCUT2D eigenvalue weighted by molar-refractivity contribution is 0.111. The van der Waals surface area contributed by atoms with Crippen molar-refractivity contribution in [2.75, 3.05) is 7.11 Å². The Morgan fingerprint density at radius 1 is 1.14 bits per heavy atom. The largest absolute Gasteiger partial charge is 0.504 e. The number of aldehydes is 2. The van der Waals surface area contributed by atoms with Gasteiger partial charge in [0, 0.05) is 5.56 Å². The molecular weight excluding hydrogens is 268 g/mol. The summed E-state index contributed by atoms with van der Waals surface area (Å²) in [5, 5.41) is 10.0. The standard InChI is InChI=1S/C17H16O4/c1-11-3-5-12(6-4-11)7-14-13(9-18)8-16(21-2)17(20)15(14)10-19/h3-6,8-10,20H,7H2,1-2H3. The quantitative estimate of drug-likeness (QED) is 0.857. The number of aromatic hydroxyl groups is 1. The Labute approximate surface area is 123 Å². The van der Waals surface area contributed by atoms with Gasteiger partial charge < -0.3 is 9.84 Å². The van der Waals surface area contributed by atoms with Gasteiger partial charge >= 0.3 is 0 Å². The molecule has 0 spiro atoms. The van der Waals surface area contributed by atoms with Crippen LogP contribution in [0.5, 0.6) is 11.5 Å². The summed E-state index contributed by atoms with van der Waals surface area (Å²) < 4.78 is 4.98. The van der Waals surface area contributed by atoms with Gasteiger partial charge in [-0.25, -0.2) is 0 Å². The van der Waals surface area contributed by atoms with Crippen LogP contribution in [0.15, 0.2) is 30.3 Å². The molecule has 0 amide bonds. The molecule has 0 saturated heterocycles. The maximum absolute atomic E-state index is 11.3. The molecular formula is C17H16O4. The van der Waals surface area contributed by atoms with Crippen molar-refractivity contribution in [2.45, 2.75) is 13.3 Å². The molecule has 0 fully saturated rings. The lowest BCUT2D eigenvalue weighted by Crippen LogP contribution is -2.03. The Hall–Kier alpha value is -2.62. The SMILES string of the molecule is COc1cc(C=O)c(Cc2ccc(C)cc2)c(C=O)c1O.